The maximum absolute atomic E-state index is 11.0. The summed E-state index contributed by atoms with van der Waals surface area (Å²) in [6.07, 6.45) is 0.810. The zero-order chi connectivity index (χ0) is 24.9. The molecule has 1 heterocycles. The van der Waals surface area contributed by atoms with Gasteiger partial charge in [0.25, 0.3) is 0 Å². The molecule has 36 heavy (non-hydrogen) atoms. The van der Waals surface area contributed by atoms with Gasteiger partial charge in [-0.1, -0.05) is 104 Å². The number of hydrogen-bond donors (Lipinski definition) is 2. The van der Waals surface area contributed by atoms with E-state index in [0.29, 0.717) is 0 Å². The molecule has 0 unspecified atom stereocenters. The Balaban J connectivity index is 1.70. The molecule has 4 aromatic carbocycles. The van der Waals surface area contributed by atoms with Gasteiger partial charge in [-0.15, -0.1) is 0 Å². The van der Waals surface area contributed by atoms with E-state index in [2.05, 4.69) is 60.8 Å². The smallest absolute Gasteiger partial charge is 0.322 e. The van der Waals surface area contributed by atoms with Crippen LogP contribution in [0.2, 0.25) is 0 Å². The van der Waals surface area contributed by atoms with Crippen LogP contribution in [0.4, 0.5) is 5.69 Å². The zero-order valence-electron chi connectivity index (χ0n) is 20.1. The number of nitrogens with one attached hydrogen (secondary N) is 1. The number of carbonyl (C=O) groups is 1. The summed E-state index contributed by atoms with van der Waals surface area (Å²) >= 11 is 0. The van der Waals surface area contributed by atoms with Crippen molar-refractivity contribution in [2.45, 2.75) is 13.3 Å². The maximum Gasteiger partial charge on any atom is 0.322 e. The topological polar surface area (TPSA) is 62.5 Å². The van der Waals surface area contributed by atoms with Gasteiger partial charge in [0.15, 0.2) is 0 Å². The molecule has 0 fully saturated rings. The first-order chi connectivity index (χ1) is 17.7. The van der Waals surface area contributed by atoms with Gasteiger partial charge in [-0.3, -0.25) is 4.79 Å². The minimum Gasteiger partial charge on any atom is -0.480 e. The second-order valence-electron chi connectivity index (χ2n) is 8.57. The highest BCUT2D eigenvalue weighted by atomic mass is 16.4. The van der Waals surface area contributed by atoms with E-state index in [0.717, 1.165) is 62.6 Å². The van der Waals surface area contributed by atoms with E-state index in [4.69, 9.17) is 9.52 Å². The van der Waals surface area contributed by atoms with E-state index in [1.54, 1.807) is 0 Å². The van der Waals surface area contributed by atoms with Crippen LogP contribution in [-0.2, 0) is 11.2 Å². The highest BCUT2D eigenvalue weighted by Gasteiger charge is 2.24. The lowest BCUT2D eigenvalue weighted by atomic mass is 9.91. The van der Waals surface area contributed by atoms with E-state index in [1.165, 1.54) is 0 Å². The first kappa shape index (κ1) is 23.2. The van der Waals surface area contributed by atoms with Gasteiger partial charge < -0.3 is 14.8 Å². The number of carboxylic acids is 1. The Hall–Kier alpha value is -4.57. The lowest BCUT2D eigenvalue weighted by Crippen LogP contribution is -2.12. The van der Waals surface area contributed by atoms with E-state index in [-0.39, 0.29) is 6.54 Å². The second kappa shape index (κ2) is 10.4. The van der Waals surface area contributed by atoms with Gasteiger partial charge >= 0.3 is 5.97 Å². The van der Waals surface area contributed by atoms with Gasteiger partial charge in [-0.25, -0.2) is 0 Å². The van der Waals surface area contributed by atoms with Crippen molar-refractivity contribution in [3.63, 3.8) is 0 Å². The molecule has 5 aromatic rings. The van der Waals surface area contributed by atoms with Crippen LogP contribution in [0.3, 0.4) is 0 Å². The van der Waals surface area contributed by atoms with Crippen LogP contribution in [0.1, 0.15) is 12.5 Å². The Morgan fingerprint density at radius 3 is 2.00 bits per heavy atom. The average Bonchev–Trinajstić information content (AvgIpc) is 3.32. The molecule has 0 amide bonds. The van der Waals surface area contributed by atoms with Crippen molar-refractivity contribution in [2.75, 3.05) is 11.9 Å². The molecule has 0 saturated heterocycles. The highest BCUT2D eigenvalue weighted by molar-refractivity contribution is 5.91. The van der Waals surface area contributed by atoms with E-state index >= 15 is 0 Å². The third-order valence-corrected chi connectivity index (χ3v) is 6.25. The first-order valence-corrected chi connectivity index (χ1v) is 12.1. The molecule has 0 radical (unpaired) electrons. The van der Waals surface area contributed by atoms with Gasteiger partial charge in [-0.05, 0) is 35.2 Å². The average molecular weight is 474 g/mol. The van der Waals surface area contributed by atoms with Gasteiger partial charge in [0, 0.05) is 27.9 Å². The van der Waals surface area contributed by atoms with Crippen LogP contribution in [0.15, 0.2) is 114 Å². The monoisotopic (exact) mass is 473 g/mol. The number of hydrogen-bond acceptors (Lipinski definition) is 3. The summed E-state index contributed by atoms with van der Waals surface area (Å²) in [7, 11) is 0. The van der Waals surface area contributed by atoms with Crippen LogP contribution in [-0.4, -0.2) is 17.6 Å². The van der Waals surface area contributed by atoms with Crippen LogP contribution in [0.25, 0.3) is 44.9 Å². The highest BCUT2D eigenvalue weighted by Crippen LogP contribution is 2.45. The van der Waals surface area contributed by atoms with Crippen molar-refractivity contribution in [2.24, 2.45) is 0 Å². The molecule has 4 nitrogen and oxygen atoms in total. The molecule has 5 rings (SSSR count). The van der Waals surface area contributed by atoms with Gasteiger partial charge in [-0.2, -0.15) is 0 Å². The predicted octanol–water partition coefficient (Wildman–Crippen LogP) is 8.01. The third-order valence-electron chi connectivity index (χ3n) is 6.25. The lowest BCUT2D eigenvalue weighted by molar-refractivity contribution is -0.134. The maximum atomic E-state index is 11.0. The van der Waals surface area contributed by atoms with Crippen LogP contribution < -0.4 is 5.32 Å². The van der Waals surface area contributed by atoms with Crippen molar-refractivity contribution in [1.82, 2.24) is 0 Å². The Morgan fingerprint density at radius 2 is 1.33 bits per heavy atom. The normalized spacial score (nSPS) is 10.8. The molecular weight excluding hydrogens is 446 g/mol. The number of anilines is 1. The SMILES string of the molecule is CCc1c(-c2ccccc2-c2cccc(NCC(=O)O)c2)oc(-c2ccccc2)c1-c1ccccc1. The number of carboxylic acid groups (broad SMARTS) is 1. The molecule has 4 heteroatoms. The molecule has 0 aliphatic heterocycles. The summed E-state index contributed by atoms with van der Waals surface area (Å²) in [5, 5.41) is 12.0. The summed E-state index contributed by atoms with van der Waals surface area (Å²) in [4.78, 5) is 11.0. The zero-order valence-corrected chi connectivity index (χ0v) is 20.1. The molecule has 0 aliphatic rings. The van der Waals surface area contributed by atoms with Crippen molar-refractivity contribution < 1.29 is 14.3 Å². The van der Waals surface area contributed by atoms with E-state index in [1.807, 2.05) is 60.7 Å². The minimum absolute atomic E-state index is 0.135. The molecule has 0 spiro atoms. The third kappa shape index (κ3) is 4.66. The molecule has 0 atom stereocenters. The molecule has 0 saturated carbocycles. The van der Waals surface area contributed by atoms with E-state index < -0.39 is 5.97 Å². The predicted molar refractivity (Wildman–Crippen MR) is 146 cm³/mol. The van der Waals surface area contributed by atoms with E-state index in [9.17, 15) is 4.79 Å². The Bertz CT molecular complexity index is 1490. The minimum atomic E-state index is -0.897. The van der Waals surface area contributed by atoms with Crippen molar-refractivity contribution in [1.29, 1.82) is 0 Å². The Morgan fingerprint density at radius 1 is 0.722 bits per heavy atom. The Kier molecular flexibility index (Phi) is 6.67. The Labute approximate surface area is 210 Å². The fourth-order valence-corrected chi connectivity index (χ4v) is 4.63. The summed E-state index contributed by atoms with van der Waals surface area (Å²) in [6.45, 7) is 2.03. The van der Waals surface area contributed by atoms with Gasteiger partial charge in [0.05, 0.1) is 0 Å². The molecule has 0 aliphatic carbocycles. The van der Waals surface area contributed by atoms with Crippen molar-refractivity contribution >= 4 is 11.7 Å². The summed E-state index contributed by atoms with van der Waals surface area (Å²) in [6, 6.07) is 36.7. The molecular formula is C32H27NO3. The van der Waals surface area contributed by atoms with Crippen molar-refractivity contribution in [3.8, 4) is 44.9 Å². The van der Waals surface area contributed by atoms with Crippen LogP contribution in [0, 0.1) is 0 Å². The first-order valence-electron chi connectivity index (χ1n) is 12.1. The fraction of sp³-hybridized carbons (Fsp3) is 0.0938. The van der Waals surface area contributed by atoms with Crippen molar-refractivity contribution in [3.05, 3.63) is 115 Å². The molecule has 178 valence electrons. The molecule has 0 bridgehead atoms. The van der Waals surface area contributed by atoms with Gasteiger partial charge in [0.1, 0.15) is 18.1 Å². The second-order valence-corrected chi connectivity index (χ2v) is 8.57. The summed E-state index contributed by atoms with van der Waals surface area (Å²) < 4.78 is 6.74. The summed E-state index contributed by atoms with van der Waals surface area (Å²) in [5.41, 5.74) is 8.22. The lowest BCUT2D eigenvalue weighted by Gasteiger charge is -2.12. The standard InChI is InChI=1S/C32H27NO3/c1-2-26-30(22-12-5-3-6-13-22)31(23-14-7-4-8-15-23)36-32(26)28-19-10-9-18-27(28)24-16-11-17-25(20-24)33-21-29(34)35/h3-20,33H,2,21H2,1H3,(H,34,35). The number of benzene rings is 4. The number of furan rings is 1. The largest absolute Gasteiger partial charge is 0.480 e. The molecule has 2 N–H and O–H groups in total. The number of aliphatic carboxylic acids is 1. The number of rotatable bonds is 8. The molecule has 1 aromatic heterocycles. The van der Waals surface area contributed by atoms with Crippen LogP contribution >= 0.6 is 0 Å². The summed E-state index contributed by atoms with van der Waals surface area (Å²) in [5.74, 6) is 0.820. The quantitative estimate of drug-likeness (QED) is 0.240. The van der Waals surface area contributed by atoms with Crippen LogP contribution in [0.5, 0.6) is 0 Å². The van der Waals surface area contributed by atoms with Gasteiger partial charge in [0.2, 0.25) is 0 Å². The fourth-order valence-electron chi connectivity index (χ4n) is 4.63.